The van der Waals surface area contributed by atoms with Gasteiger partial charge in [-0.3, -0.25) is 18.7 Å². The van der Waals surface area contributed by atoms with Crippen LogP contribution in [0.1, 0.15) is 17.3 Å². The normalized spacial score (nSPS) is 10.9. The van der Waals surface area contributed by atoms with Gasteiger partial charge in [0.2, 0.25) is 0 Å². The summed E-state index contributed by atoms with van der Waals surface area (Å²) < 4.78 is 9.74. The minimum atomic E-state index is -0.532. The fourth-order valence-corrected chi connectivity index (χ4v) is 3.94. The number of aromatic nitrogens is 3. The van der Waals surface area contributed by atoms with Crippen molar-refractivity contribution in [3.63, 3.8) is 0 Å². The monoisotopic (exact) mass is 489 g/mol. The number of anilines is 2. The number of carbonyl (C=O) groups is 2. The molecule has 36 heavy (non-hydrogen) atoms. The van der Waals surface area contributed by atoms with E-state index in [1.54, 1.807) is 47.0 Å². The summed E-state index contributed by atoms with van der Waals surface area (Å²) in [5.41, 5.74) is 0.928. The Morgan fingerprint density at radius 1 is 0.861 bits per heavy atom. The van der Waals surface area contributed by atoms with Crippen molar-refractivity contribution in [2.45, 2.75) is 26.6 Å². The minimum absolute atomic E-state index is 0.109. The van der Waals surface area contributed by atoms with Crippen molar-refractivity contribution >= 4 is 34.1 Å². The van der Waals surface area contributed by atoms with E-state index in [1.807, 2.05) is 29.1 Å². The Labute approximate surface area is 206 Å². The quantitative estimate of drug-likeness (QED) is 0.351. The van der Waals surface area contributed by atoms with Gasteiger partial charge >= 0.3 is 11.7 Å². The van der Waals surface area contributed by atoms with Crippen molar-refractivity contribution in [3.8, 4) is 0 Å². The number of urea groups is 1. The molecule has 2 heterocycles. The summed E-state index contributed by atoms with van der Waals surface area (Å²) in [5, 5.41) is 5.69. The van der Waals surface area contributed by atoms with Crippen LogP contribution in [0.2, 0.25) is 0 Å². The number of Topliss-reactive ketones (excluding diaryl/α,β-unsaturated/α-hetero) is 1. The molecule has 2 aromatic carbocycles. The van der Waals surface area contributed by atoms with Crippen LogP contribution in [-0.2, 0) is 24.4 Å². The van der Waals surface area contributed by atoms with Gasteiger partial charge in [-0.1, -0.05) is 12.1 Å². The Morgan fingerprint density at radius 2 is 1.58 bits per heavy atom. The molecule has 0 fully saturated rings. The first-order chi connectivity index (χ1) is 17.4. The van der Waals surface area contributed by atoms with Crippen LogP contribution in [-0.4, -0.2) is 39.2 Å². The van der Waals surface area contributed by atoms with Gasteiger partial charge in [-0.15, -0.1) is 0 Å². The molecule has 0 aliphatic heterocycles. The minimum Gasteiger partial charge on any atom is -0.383 e. The number of fused-ring (bicyclic) bond motifs is 1. The van der Waals surface area contributed by atoms with Gasteiger partial charge in [-0.2, -0.15) is 0 Å². The number of hydrogen-bond acceptors (Lipinski definition) is 5. The van der Waals surface area contributed by atoms with E-state index < -0.39 is 17.3 Å². The van der Waals surface area contributed by atoms with Gasteiger partial charge in [0.05, 0.1) is 24.1 Å². The van der Waals surface area contributed by atoms with Gasteiger partial charge in [0, 0.05) is 49.5 Å². The number of methoxy groups -OCH3 is 1. The predicted molar refractivity (Wildman–Crippen MR) is 138 cm³/mol. The average molecular weight is 490 g/mol. The van der Waals surface area contributed by atoms with E-state index in [9.17, 15) is 19.2 Å². The Kier molecular flexibility index (Phi) is 7.45. The van der Waals surface area contributed by atoms with Crippen LogP contribution < -0.4 is 21.9 Å². The number of carbonyl (C=O) groups excluding carboxylic acids is 2. The van der Waals surface area contributed by atoms with Crippen LogP contribution in [0.4, 0.5) is 16.2 Å². The van der Waals surface area contributed by atoms with Gasteiger partial charge in [0.15, 0.2) is 5.78 Å². The zero-order valence-corrected chi connectivity index (χ0v) is 20.1. The second kappa shape index (κ2) is 10.9. The van der Waals surface area contributed by atoms with E-state index in [0.717, 1.165) is 4.57 Å². The standard InChI is InChI=1S/C26H27N5O5/c1-18(32)19-6-5-7-20(16-19)27-25(34)28-21-8-9-23-22(17-21)24(33)31(14-15-36-2)26(35)30(23)13-12-29-10-3-4-11-29/h3-11,16-17H,12-15H2,1-2H3,(H2,27,28,34). The summed E-state index contributed by atoms with van der Waals surface area (Å²) in [7, 11) is 1.50. The van der Waals surface area contributed by atoms with E-state index in [4.69, 9.17) is 4.74 Å². The molecule has 0 bridgehead atoms. The van der Waals surface area contributed by atoms with Gasteiger partial charge in [0.25, 0.3) is 5.56 Å². The van der Waals surface area contributed by atoms with Crippen LogP contribution in [0.3, 0.4) is 0 Å². The number of nitrogens with one attached hydrogen (secondary N) is 2. The summed E-state index contributed by atoms with van der Waals surface area (Å²) in [6, 6.07) is 14.7. The largest absolute Gasteiger partial charge is 0.383 e. The molecule has 0 saturated carbocycles. The summed E-state index contributed by atoms with van der Waals surface area (Å²) in [6.07, 6.45) is 3.81. The highest BCUT2D eigenvalue weighted by molar-refractivity contribution is 6.02. The van der Waals surface area contributed by atoms with Crippen molar-refractivity contribution in [3.05, 3.63) is 93.4 Å². The molecule has 10 nitrogen and oxygen atoms in total. The number of amides is 2. The van der Waals surface area contributed by atoms with E-state index in [2.05, 4.69) is 10.6 Å². The summed E-state index contributed by atoms with van der Waals surface area (Å²) >= 11 is 0. The van der Waals surface area contributed by atoms with Crippen molar-refractivity contribution in [2.75, 3.05) is 24.4 Å². The molecule has 0 aliphatic carbocycles. The average Bonchev–Trinajstić information content (AvgIpc) is 3.38. The first-order valence-corrected chi connectivity index (χ1v) is 11.4. The molecule has 0 spiro atoms. The van der Waals surface area contributed by atoms with E-state index in [-0.39, 0.29) is 18.9 Å². The summed E-state index contributed by atoms with van der Waals surface area (Å²) in [6.45, 7) is 2.67. The van der Waals surface area contributed by atoms with Crippen LogP contribution >= 0.6 is 0 Å². The highest BCUT2D eigenvalue weighted by Crippen LogP contribution is 2.17. The third kappa shape index (κ3) is 5.44. The van der Waals surface area contributed by atoms with Crippen molar-refractivity contribution in [1.82, 2.24) is 13.7 Å². The molecule has 4 rings (SSSR count). The maximum absolute atomic E-state index is 13.2. The highest BCUT2D eigenvalue weighted by atomic mass is 16.5. The first kappa shape index (κ1) is 24.7. The fraction of sp³-hybridized carbons (Fsp3) is 0.231. The molecule has 0 radical (unpaired) electrons. The van der Waals surface area contributed by atoms with Crippen molar-refractivity contribution < 1.29 is 14.3 Å². The third-order valence-electron chi connectivity index (χ3n) is 5.78. The second-order valence-corrected chi connectivity index (χ2v) is 8.25. The molecular weight excluding hydrogens is 462 g/mol. The number of ketones is 1. The van der Waals surface area contributed by atoms with Gasteiger partial charge in [0.1, 0.15) is 0 Å². The van der Waals surface area contributed by atoms with Gasteiger partial charge in [-0.05, 0) is 49.4 Å². The lowest BCUT2D eigenvalue weighted by Crippen LogP contribution is -2.41. The van der Waals surface area contributed by atoms with Crippen LogP contribution in [0, 0.1) is 0 Å². The number of benzene rings is 2. The predicted octanol–water partition coefficient (Wildman–Crippen LogP) is 3.16. The molecule has 2 N–H and O–H groups in total. The molecule has 2 aromatic heterocycles. The number of hydrogen-bond donors (Lipinski definition) is 2. The number of rotatable bonds is 9. The Bertz CT molecular complexity index is 1520. The third-order valence-corrected chi connectivity index (χ3v) is 5.78. The molecular formula is C26H27N5O5. The summed E-state index contributed by atoms with van der Waals surface area (Å²) in [4.78, 5) is 50.5. The second-order valence-electron chi connectivity index (χ2n) is 8.25. The topological polar surface area (TPSA) is 116 Å². The molecule has 0 saturated heterocycles. The molecule has 2 amide bonds. The lowest BCUT2D eigenvalue weighted by atomic mass is 10.1. The van der Waals surface area contributed by atoms with Gasteiger partial charge < -0.3 is 19.9 Å². The lowest BCUT2D eigenvalue weighted by Gasteiger charge is -2.15. The Morgan fingerprint density at radius 3 is 2.28 bits per heavy atom. The highest BCUT2D eigenvalue weighted by Gasteiger charge is 2.15. The summed E-state index contributed by atoms with van der Waals surface area (Å²) in [5.74, 6) is -0.110. The van der Waals surface area contributed by atoms with E-state index in [1.165, 1.54) is 14.0 Å². The van der Waals surface area contributed by atoms with Crippen LogP contribution in [0.5, 0.6) is 0 Å². The van der Waals surface area contributed by atoms with Crippen molar-refractivity contribution in [2.24, 2.45) is 0 Å². The SMILES string of the molecule is COCCn1c(=O)c2cc(NC(=O)Nc3cccc(C(C)=O)c3)ccc2n(CCn2cccc2)c1=O. The zero-order valence-electron chi connectivity index (χ0n) is 20.1. The first-order valence-electron chi connectivity index (χ1n) is 11.4. The molecule has 0 aliphatic rings. The number of aryl methyl sites for hydroxylation is 2. The van der Waals surface area contributed by atoms with E-state index >= 15 is 0 Å². The molecule has 0 unspecified atom stereocenters. The number of ether oxygens (including phenoxy) is 1. The zero-order chi connectivity index (χ0) is 25.7. The van der Waals surface area contributed by atoms with Gasteiger partial charge in [-0.25, -0.2) is 9.59 Å². The van der Waals surface area contributed by atoms with Crippen LogP contribution in [0.25, 0.3) is 10.9 Å². The van der Waals surface area contributed by atoms with E-state index in [0.29, 0.717) is 40.9 Å². The smallest absolute Gasteiger partial charge is 0.331 e. The molecule has 4 aromatic rings. The number of nitrogens with zero attached hydrogens (tertiary/aromatic N) is 3. The molecule has 186 valence electrons. The molecule has 10 heteroatoms. The van der Waals surface area contributed by atoms with Crippen molar-refractivity contribution in [1.29, 1.82) is 0 Å². The Balaban J connectivity index is 1.65. The maximum atomic E-state index is 13.2. The molecule has 0 atom stereocenters. The van der Waals surface area contributed by atoms with Crippen LogP contribution in [0.15, 0.2) is 76.6 Å². The maximum Gasteiger partial charge on any atom is 0.331 e. The Hall–Kier alpha value is -4.44. The fourth-order valence-electron chi connectivity index (χ4n) is 3.94. The lowest BCUT2D eigenvalue weighted by molar-refractivity contribution is 0.101.